The maximum absolute atomic E-state index is 5.10. The third kappa shape index (κ3) is 3.67. The quantitative estimate of drug-likeness (QED) is 0.236. The lowest BCUT2D eigenvalue weighted by Crippen LogP contribution is -1.98. The SMILES string of the molecule is Cc1ccc(-c2ccc3cc(-c4ccc(-c5nc6ccccc6c6nc7ccccc7n56)cc4)ccc3c2)cc1. The van der Waals surface area contributed by atoms with Crippen molar-refractivity contribution in [1.82, 2.24) is 14.4 Å². The highest BCUT2D eigenvalue weighted by molar-refractivity contribution is 5.98. The van der Waals surface area contributed by atoms with Crippen molar-refractivity contribution in [1.29, 1.82) is 0 Å². The van der Waals surface area contributed by atoms with Crippen molar-refractivity contribution in [3.63, 3.8) is 0 Å². The first kappa shape index (κ1) is 22.7. The van der Waals surface area contributed by atoms with Crippen molar-refractivity contribution in [3.05, 3.63) is 139 Å². The van der Waals surface area contributed by atoms with E-state index < -0.39 is 0 Å². The van der Waals surface area contributed by atoms with E-state index in [1.165, 1.54) is 38.6 Å². The molecule has 0 aliphatic carbocycles. The number of rotatable bonds is 3. The second kappa shape index (κ2) is 8.89. The molecule has 8 rings (SSSR count). The molecule has 6 aromatic carbocycles. The second-order valence-electron chi connectivity index (χ2n) is 10.4. The van der Waals surface area contributed by atoms with Crippen LogP contribution in [0, 0.1) is 6.92 Å². The van der Waals surface area contributed by atoms with Crippen LogP contribution in [0.2, 0.25) is 0 Å². The zero-order valence-electron chi connectivity index (χ0n) is 22.0. The first-order valence-electron chi connectivity index (χ1n) is 13.6. The summed E-state index contributed by atoms with van der Waals surface area (Å²) < 4.78 is 2.19. The number of hydrogen-bond acceptors (Lipinski definition) is 2. The summed E-state index contributed by atoms with van der Waals surface area (Å²) in [6.07, 6.45) is 0. The standard InChI is InChI=1S/C37H25N3/c1-24-10-12-25(13-11-24)28-18-20-31-23-29(19-21-30(31)22-28)26-14-16-27(17-15-26)36-38-33-7-3-2-6-32(33)37-39-34-8-4-5-9-35(34)40(36)37/h2-23H,1H3. The van der Waals surface area contributed by atoms with Gasteiger partial charge in [0.1, 0.15) is 11.5 Å². The first-order chi connectivity index (χ1) is 19.7. The van der Waals surface area contributed by atoms with Crippen LogP contribution in [-0.4, -0.2) is 14.4 Å². The third-order valence-electron chi connectivity index (χ3n) is 7.85. The molecule has 0 unspecified atom stereocenters. The molecule has 0 atom stereocenters. The van der Waals surface area contributed by atoms with Crippen molar-refractivity contribution < 1.29 is 0 Å². The lowest BCUT2D eigenvalue weighted by atomic mass is 9.97. The molecule has 2 aromatic heterocycles. The number of fused-ring (bicyclic) bond motifs is 6. The van der Waals surface area contributed by atoms with Crippen LogP contribution in [0.4, 0.5) is 0 Å². The average Bonchev–Trinajstić information content (AvgIpc) is 3.41. The third-order valence-corrected chi connectivity index (χ3v) is 7.85. The molecule has 0 saturated carbocycles. The fourth-order valence-electron chi connectivity index (χ4n) is 5.70. The number of nitrogens with zero attached hydrogens (tertiary/aromatic N) is 3. The minimum Gasteiger partial charge on any atom is -0.276 e. The van der Waals surface area contributed by atoms with Crippen LogP contribution in [0.3, 0.4) is 0 Å². The molecule has 0 radical (unpaired) electrons. The van der Waals surface area contributed by atoms with Gasteiger partial charge in [0.25, 0.3) is 0 Å². The van der Waals surface area contributed by atoms with Crippen molar-refractivity contribution in [2.75, 3.05) is 0 Å². The molecule has 2 heterocycles. The monoisotopic (exact) mass is 511 g/mol. The van der Waals surface area contributed by atoms with Gasteiger partial charge in [-0.15, -0.1) is 0 Å². The van der Waals surface area contributed by atoms with E-state index in [-0.39, 0.29) is 0 Å². The van der Waals surface area contributed by atoms with Gasteiger partial charge >= 0.3 is 0 Å². The van der Waals surface area contributed by atoms with E-state index in [0.717, 1.165) is 39.0 Å². The number of aromatic nitrogens is 3. The Balaban J connectivity index is 1.20. The van der Waals surface area contributed by atoms with Gasteiger partial charge in [0.15, 0.2) is 0 Å². The van der Waals surface area contributed by atoms with E-state index in [4.69, 9.17) is 9.97 Å². The largest absolute Gasteiger partial charge is 0.276 e. The fraction of sp³-hybridized carbons (Fsp3) is 0.0270. The maximum atomic E-state index is 5.10. The van der Waals surface area contributed by atoms with Gasteiger partial charge < -0.3 is 0 Å². The summed E-state index contributed by atoms with van der Waals surface area (Å²) in [5.41, 5.74) is 11.1. The maximum Gasteiger partial charge on any atom is 0.149 e. The minimum absolute atomic E-state index is 0.899. The first-order valence-corrected chi connectivity index (χ1v) is 13.6. The van der Waals surface area contributed by atoms with Gasteiger partial charge in [-0.1, -0.05) is 103 Å². The molecular formula is C37H25N3. The lowest BCUT2D eigenvalue weighted by Gasteiger charge is -2.11. The molecule has 0 spiro atoms. The highest BCUT2D eigenvalue weighted by Gasteiger charge is 2.15. The Morgan fingerprint density at radius 2 is 1.02 bits per heavy atom. The molecule has 188 valence electrons. The Morgan fingerprint density at radius 1 is 0.475 bits per heavy atom. The fourth-order valence-corrected chi connectivity index (χ4v) is 5.70. The van der Waals surface area contributed by atoms with Crippen molar-refractivity contribution in [2.24, 2.45) is 0 Å². The Morgan fingerprint density at radius 3 is 1.73 bits per heavy atom. The van der Waals surface area contributed by atoms with Crippen molar-refractivity contribution >= 4 is 38.4 Å². The predicted molar refractivity (Wildman–Crippen MR) is 167 cm³/mol. The van der Waals surface area contributed by atoms with Crippen molar-refractivity contribution in [2.45, 2.75) is 6.92 Å². The van der Waals surface area contributed by atoms with Gasteiger partial charge in [-0.25, -0.2) is 9.97 Å². The summed E-state index contributed by atoms with van der Waals surface area (Å²) in [5, 5.41) is 3.54. The second-order valence-corrected chi connectivity index (χ2v) is 10.4. The summed E-state index contributed by atoms with van der Waals surface area (Å²) in [5.74, 6) is 0.899. The van der Waals surface area contributed by atoms with E-state index >= 15 is 0 Å². The molecule has 0 fully saturated rings. The Labute approximate surface area is 232 Å². The minimum atomic E-state index is 0.899. The average molecular weight is 512 g/mol. The number of imidazole rings is 1. The smallest absolute Gasteiger partial charge is 0.149 e. The van der Waals surface area contributed by atoms with E-state index in [2.05, 4.69) is 127 Å². The highest BCUT2D eigenvalue weighted by atomic mass is 15.1. The number of para-hydroxylation sites is 3. The lowest BCUT2D eigenvalue weighted by molar-refractivity contribution is 1.16. The summed E-state index contributed by atoms with van der Waals surface area (Å²) in [4.78, 5) is 10.1. The Hall–Kier alpha value is -5.28. The highest BCUT2D eigenvalue weighted by Crippen LogP contribution is 2.32. The normalized spacial score (nSPS) is 11.6. The number of aryl methyl sites for hydroxylation is 1. The van der Waals surface area contributed by atoms with Crippen LogP contribution < -0.4 is 0 Å². The summed E-state index contributed by atoms with van der Waals surface area (Å²) >= 11 is 0. The van der Waals surface area contributed by atoms with Gasteiger partial charge in [-0.05, 0) is 76.3 Å². The molecule has 8 aromatic rings. The van der Waals surface area contributed by atoms with E-state index in [0.29, 0.717) is 0 Å². The zero-order chi connectivity index (χ0) is 26.6. The van der Waals surface area contributed by atoms with Crippen LogP contribution in [0.5, 0.6) is 0 Å². The van der Waals surface area contributed by atoms with Gasteiger partial charge in [0.2, 0.25) is 0 Å². The van der Waals surface area contributed by atoms with Gasteiger partial charge in [0, 0.05) is 10.9 Å². The molecule has 0 saturated heterocycles. The molecule has 0 amide bonds. The molecule has 40 heavy (non-hydrogen) atoms. The van der Waals surface area contributed by atoms with Crippen LogP contribution in [-0.2, 0) is 0 Å². The molecule has 0 bridgehead atoms. The van der Waals surface area contributed by atoms with E-state index in [1.54, 1.807) is 0 Å². The summed E-state index contributed by atoms with van der Waals surface area (Å²) in [6.45, 7) is 2.12. The van der Waals surface area contributed by atoms with Crippen LogP contribution >= 0.6 is 0 Å². The summed E-state index contributed by atoms with van der Waals surface area (Å²) in [7, 11) is 0. The topological polar surface area (TPSA) is 30.2 Å². The van der Waals surface area contributed by atoms with Crippen LogP contribution in [0.15, 0.2) is 133 Å². The zero-order valence-corrected chi connectivity index (χ0v) is 22.0. The van der Waals surface area contributed by atoms with Gasteiger partial charge in [-0.3, -0.25) is 4.40 Å². The van der Waals surface area contributed by atoms with Gasteiger partial charge in [0.05, 0.1) is 16.6 Å². The molecule has 0 aliphatic rings. The predicted octanol–water partition coefficient (Wildman–Crippen LogP) is 9.50. The number of hydrogen-bond donors (Lipinski definition) is 0. The Bertz CT molecular complexity index is 2200. The number of benzene rings is 6. The van der Waals surface area contributed by atoms with Crippen molar-refractivity contribution in [3.8, 4) is 33.6 Å². The molecule has 3 nitrogen and oxygen atoms in total. The molecular weight excluding hydrogens is 486 g/mol. The molecule has 0 N–H and O–H groups in total. The van der Waals surface area contributed by atoms with Crippen LogP contribution in [0.1, 0.15) is 5.56 Å². The summed E-state index contributed by atoms with van der Waals surface area (Å²) in [6, 6.07) is 47.4. The van der Waals surface area contributed by atoms with Crippen LogP contribution in [0.25, 0.3) is 72.0 Å². The van der Waals surface area contributed by atoms with Gasteiger partial charge in [-0.2, -0.15) is 0 Å². The van der Waals surface area contributed by atoms with E-state index in [9.17, 15) is 0 Å². The van der Waals surface area contributed by atoms with E-state index in [1.807, 2.05) is 18.2 Å². The molecule has 0 aliphatic heterocycles. The molecule has 3 heteroatoms. The Kier molecular flexibility index (Phi) is 5.04.